The smallest absolute Gasteiger partial charge is 0.243 e. The summed E-state index contributed by atoms with van der Waals surface area (Å²) in [6.45, 7) is 2.13. The van der Waals surface area contributed by atoms with E-state index < -0.39 is 15.6 Å². The first-order valence-corrected chi connectivity index (χ1v) is 8.01. The highest BCUT2D eigenvalue weighted by Crippen LogP contribution is 2.33. The lowest BCUT2D eigenvalue weighted by atomic mass is 10.0. The Kier molecular flexibility index (Phi) is 3.31. The second-order valence-electron chi connectivity index (χ2n) is 5.29. The zero-order valence-corrected chi connectivity index (χ0v) is 12.3. The minimum absolute atomic E-state index is 0.0181. The maximum Gasteiger partial charge on any atom is 0.243 e. The van der Waals surface area contributed by atoms with E-state index in [0.29, 0.717) is 12.1 Å². The Bertz CT molecular complexity index is 727. The summed E-state index contributed by atoms with van der Waals surface area (Å²) in [6, 6.07) is 6.68. The Morgan fingerprint density at radius 2 is 2.05 bits per heavy atom. The molecular weight excluding hydrogens is 292 g/mol. The van der Waals surface area contributed by atoms with E-state index in [9.17, 15) is 13.5 Å². The monoisotopic (exact) mass is 308 g/mol. The van der Waals surface area contributed by atoms with Gasteiger partial charge in [-0.3, -0.25) is 0 Å². The number of hydrogen-bond acceptors (Lipinski definition) is 5. The van der Waals surface area contributed by atoms with Gasteiger partial charge in [-0.2, -0.15) is 19.7 Å². The van der Waals surface area contributed by atoms with E-state index in [-0.39, 0.29) is 18.0 Å². The Morgan fingerprint density at radius 1 is 1.33 bits per heavy atom. The maximum atomic E-state index is 12.6. The first-order chi connectivity index (χ1) is 9.92. The molecule has 0 bridgehead atoms. The van der Waals surface area contributed by atoms with Crippen LogP contribution in [-0.4, -0.2) is 46.3 Å². The normalized spacial score (nSPS) is 23.5. The summed E-state index contributed by atoms with van der Waals surface area (Å²) < 4.78 is 26.4. The summed E-state index contributed by atoms with van der Waals surface area (Å²) in [5, 5.41) is 20.5. The van der Waals surface area contributed by atoms with Crippen molar-refractivity contribution < 1.29 is 13.5 Å². The number of sulfonamides is 1. The molecule has 1 aromatic heterocycles. The standard InChI is InChI=1S/C13H16N4O3S/c1-10-2-4-11(5-3-10)21(19,20)17-7-6-13(18,9-17)12-8-14-16-15-12/h2-5,8,18H,6-7,9H2,1H3,(H,14,15,16). The number of β-amino-alcohol motifs (C(OH)–C–C–N with tert-alkyl or cyclic N) is 1. The van der Waals surface area contributed by atoms with Gasteiger partial charge in [-0.05, 0) is 25.5 Å². The van der Waals surface area contributed by atoms with E-state index in [2.05, 4.69) is 15.4 Å². The van der Waals surface area contributed by atoms with Gasteiger partial charge in [-0.1, -0.05) is 17.7 Å². The third kappa shape index (κ3) is 2.45. The van der Waals surface area contributed by atoms with Gasteiger partial charge in [0.2, 0.25) is 10.0 Å². The number of nitrogens with zero attached hydrogens (tertiary/aromatic N) is 3. The molecule has 2 N–H and O–H groups in total. The lowest BCUT2D eigenvalue weighted by Crippen LogP contribution is -2.34. The van der Waals surface area contributed by atoms with Crippen molar-refractivity contribution in [3.05, 3.63) is 41.7 Å². The van der Waals surface area contributed by atoms with Crippen LogP contribution in [0.3, 0.4) is 0 Å². The van der Waals surface area contributed by atoms with Crippen LogP contribution in [0, 0.1) is 6.92 Å². The second-order valence-corrected chi connectivity index (χ2v) is 7.23. The summed E-state index contributed by atoms with van der Waals surface area (Å²) >= 11 is 0. The van der Waals surface area contributed by atoms with Crippen molar-refractivity contribution in [3.63, 3.8) is 0 Å². The molecule has 1 aliphatic heterocycles. The van der Waals surface area contributed by atoms with Gasteiger partial charge < -0.3 is 5.11 Å². The molecule has 112 valence electrons. The zero-order chi connectivity index (χ0) is 15.1. The van der Waals surface area contributed by atoms with E-state index in [0.717, 1.165) is 5.56 Å². The number of nitrogens with one attached hydrogen (secondary N) is 1. The van der Waals surface area contributed by atoms with Gasteiger partial charge in [0.15, 0.2) is 0 Å². The van der Waals surface area contributed by atoms with Gasteiger partial charge in [-0.25, -0.2) is 8.42 Å². The van der Waals surface area contributed by atoms with Crippen LogP contribution in [0.25, 0.3) is 0 Å². The number of aromatic nitrogens is 3. The molecule has 8 heteroatoms. The van der Waals surface area contributed by atoms with E-state index >= 15 is 0 Å². The average Bonchev–Trinajstić information content (AvgIpc) is 3.09. The molecule has 3 rings (SSSR count). The van der Waals surface area contributed by atoms with Crippen molar-refractivity contribution in [1.82, 2.24) is 19.7 Å². The summed E-state index contributed by atoms with van der Waals surface area (Å²) in [7, 11) is -3.60. The Balaban J connectivity index is 1.87. The van der Waals surface area contributed by atoms with Crippen molar-refractivity contribution in [2.45, 2.75) is 23.8 Å². The largest absolute Gasteiger partial charge is 0.382 e. The van der Waals surface area contributed by atoms with Crippen molar-refractivity contribution in [3.8, 4) is 0 Å². The lowest BCUT2D eigenvalue weighted by molar-refractivity contribution is 0.0485. The number of aryl methyl sites for hydroxylation is 1. The number of rotatable bonds is 3. The molecule has 1 atom stereocenters. The number of aromatic amines is 1. The Hall–Kier alpha value is -1.77. The molecule has 1 saturated heterocycles. The highest BCUT2D eigenvalue weighted by atomic mass is 32.2. The van der Waals surface area contributed by atoms with Crippen molar-refractivity contribution >= 4 is 10.0 Å². The molecule has 2 heterocycles. The van der Waals surface area contributed by atoms with Gasteiger partial charge in [-0.15, -0.1) is 0 Å². The molecule has 7 nitrogen and oxygen atoms in total. The third-order valence-electron chi connectivity index (χ3n) is 3.76. The SMILES string of the molecule is Cc1ccc(S(=O)(=O)N2CCC(O)(c3cn[nH]n3)C2)cc1. The molecule has 2 aromatic rings. The number of benzene rings is 1. The average molecular weight is 308 g/mol. The van der Waals surface area contributed by atoms with Crippen LogP contribution in [0.4, 0.5) is 0 Å². The van der Waals surface area contributed by atoms with E-state index in [4.69, 9.17) is 0 Å². The summed E-state index contributed by atoms with van der Waals surface area (Å²) in [5.41, 5.74) is 0.0729. The molecular formula is C13H16N4O3S. The minimum atomic E-state index is -3.60. The molecule has 0 amide bonds. The van der Waals surface area contributed by atoms with Gasteiger partial charge in [0.25, 0.3) is 0 Å². The van der Waals surface area contributed by atoms with Crippen LogP contribution in [0.2, 0.25) is 0 Å². The highest BCUT2D eigenvalue weighted by molar-refractivity contribution is 7.89. The quantitative estimate of drug-likeness (QED) is 0.855. The fourth-order valence-corrected chi connectivity index (χ4v) is 3.95. The van der Waals surface area contributed by atoms with Gasteiger partial charge in [0.05, 0.1) is 11.1 Å². The van der Waals surface area contributed by atoms with Crippen LogP contribution in [-0.2, 0) is 15.6 Å². The molecule has 1 unspecified atom stereocenters. The van der Waals surface area contributed by atoms with E-state index in [1.807, 2.05) is 6.92 Å². The molecule has 0 spiro atoms. The Labute approximate surface area is 122 Å². The molecule has 21 heavy (non-hydrogen) atoms. The molecule has 1 aromatic carbocycles. The number of H-pyrrole nitrogens is 1. The predicted octanol–water partition coefficient (Wildman–Crippen LogP) is 0.395. The third-order valence-corrected chi connectivity index (χ3v) is 5.62. The minimum Gasteiger partial charge on any atom is -0.382 e. The molecule has 1 fully saturated rings. The molecule has 0 radical (unpaired) electrons. The number of aliphatic hydroxyl groups is 1. The first-order valence-electron chi connectivity index (χ1n) is 6.57. The fourth-order valence-electron chi connectivity index (χ4n) is 2.46. The van der Waals surface area contributed by atoms with Crippen LogP contribution in [0.5, 0.6) is 0 Å². The van der Waals surface area contributed by atoms with Gasteiger partial charge in [0.1, 0.15) is 11.3 Å². The zero-order valence-electron chi connectivity index (χ0n) is 11.5. The maximum absolute atomic E-state index is 12.6. The fraction of sp³-hybridized carbons (Fsp3) is 0.385. The lowest BCUT2D eigenvalue weighted by Gasteiger charge is -2.21. The van der Waals surface area contributed by atoms with Gasteiger partial charge in [0, 0.05) is 13.1 Å². The molecule has 0 saturated carbocycles. The summed E-state index contributed by atoms with van der Waals surface area (Å²) in [6.07, 6.45) is 1.71. The summed E-state index contributed by atoms with van der Waals surface area (Å²) in [4.78, 5) is 0.234. The highest BCUT2D eigenvalue weighted by Gasteiger charge is 2.44. The van der Waals surface area contributed by atoms with E-state index in [1.54, 1.807) is 24.3 Å². The Morgan fingerprint density at radius 3 is 2.67 bits per heavy atom. The van der Waals surface area contributed by atoms with Crippen LogP contribution >= 0.6 is 0 Å². The summed E-state index contributed by atoms with van der Waals surface area (Å²) in [5.74, 6) is 0. The predicted molar refractivity (Wildman–Crippen MR) is 74.8 cm³/mol. The number of hydrogen-bond donors (Lipinski definition) is 2. The van der Waals surface area contributed by atoms with E-state index in [1.165, 1.54) is 10.5 Å². The topological polar surface area (TPSA) is 99.2 Å². The van der Waals surface area contributed by atoms with Gasteiger partial charge >= 0.3 is 0 Å². The van der Waals surface area contributed by atoms with Crippen molar-refractivity contribution in [2.75, 3.05) is 13.1 Å². The van der Waals surface area contributed by atoms with Crippen LogP contribution in [0.1, 0.15) is 17.7 Å². The van der Waals surface area contributed by atoms with Crippen molar-refractivity contribution in [1.29, 1.82) is 0 Å². The molecule has 0 aliphatic carbocycles. The van der Waals surface area contributed by atoms with Crippen molar-refractivity contribution in [2.24, 2.45) is 0 Å². The van der Waals surface area contributed by atoms with Crippen LogP contribution < -0.4 is 0 Å². The molecule has 1 aliphatic rings. The van der Waals surface area contributed by atoms with Crippen LogP contribution in [0.15, 0.2) is 35.4 Å². The second kappa shape index (κ2) is 4.90. The first kappa shape index (κ1) is 14.2.